The highest BCUT2D eigenvalue weighted by Crippen LogP contribution is 2.25. The van der Waals surface area contributed by atoms with Crippen molar-refractivity contribution in [2.24, 2.45) is 0 Å². The second-order valence-electron chi connectivity index (χ2n) is 4.41. The van der Waals surface area contributed by atoms with Crippen molar-refractivity contribution in [2.45, 2.75) is 25.4 Å². The summed E-state index contributed by atoms with van der Waals surface area (Å²) in [6, 6.07) is 1.40. The first-order valence-corrected chi connectivity index (χ1v) is 6.07. The lowest BCUT2D eigenvalue weighted by molar-refractivity contribution is -0.385. The molecular formula is C12H14F2N2O3. The highest BCUT2D eigenvalue weighted by atomic mass is 19.1. The molecule has 5 nitrogen and oxygen atoms in total. The SMILES string of the molecule is O=[N+]([O-])c1cc(F)c(NCC2CCCCO2)c(F)c1. The average molecular weight is 272 g/mol. The molecule has 1 unspecified atom stereocenters. The van der Waals surface area contributed by atoms with Crippen LogP contribution >= 0.6 is 0 Å². The topological polar surface area (TPSA) is 64.4 Å². The second kappa shape index (κ2) is 5.92. The van der Waals surface area contributed by atoms with Crippen LogP contribution in [0.4, 0.5) is 20.2 Å². The molecule has 1 fully saturated rings. The Morgan fingerprint density at radius 2 is 2.05 bits per heavy atom. The summed E-state index contributed by atoms with van der Waals surface area (Å²) in [7, 11) is 0. The van der Waals surface area contributed by atoms with E-state index in [1.807, 2.05) is 0 Å². The highest BCUT2D eigenvalue weighted by Gasteiger charge is 2.19. The third-order valence-corrected chi connectivity index (χ3v) is 3.02. The summed E-state index contributed by atoms with van der Waals surface area (Å²) in [5, 5.41) is 13.1. The molecule has 1 N–H and O–H groups in total. The third kappa shape index (κ3) is 3.37. The van der Waals surface area contributed by atoms with Gasteiger partial charge in [-0.1, -0.05) is 0 Å². The van der Waals surface area contributed by atoms with Crippen LogP contribution in [-0.4, -0.2) is 24.2 Å². The van der Waals surface area contributed by atoms with Crippen molar-refractivity contribution in [3.05, 3.63) is 33.9 Å². The van der Waals surface area contributed by atoms with Crippen LogP contribution in [0.5, 0.6) is 0 Å². The van der Waals surface area contributed by atoms with Gasteiger partial charge in [-0.25, -0.2) is 8.78 Å². The van der Waals surface area contributed by atoms with Crippen LogP contribution < -0.4 is 5.32 Å². The van der Waals surface area contributed by atoms with E-state index in [-0.39, 0.29) is 18.3 Å². The maximum atomic E-state index is 13.6. The number of hydrogen-bond donors (Lipinski definition) is 1. The fraction of sp³-hybridized carbons (Fsp3) is 0.500. The Kier molecular flexibility index (Phi) is 4.26. The second-order valence-corrected chi connectivity index (χ2v) is 4.41. The lowest BCUT2D eigenvalue weighted by Gasteiger charge is -2.23. The summed E-state index contributed by atoms with van der Waals surface area (Å²) in [5.41, 5.74) is -0.950. The van der Waals surface area contributed by atoms with E-state index in [0.29, 0.717) is 18.7 Å². The molecule has 7 heteroatoms. The molecule has 1 aliphatic heterocycles. The van der Waals surface area contributed by atoms with Gasteiger partial charge in [0.25, 0.3) is 5.69 Å². The smallest absolute Gasteiger partial charge is 0.275 e. The Morgan fingerprint density at radius 1 is 1.37 bits per heavy atom. The molecule has 0 aliphatic carbocycles. The van der Waals surface area contributed by atoms with Gasteiger partial charge in [0.15, 0.2) is 11.6 Å². The Labute approximate surface area is 108 Å². The van der Waals surface area contributed by atoms with Gasteiger partial charge in [0.2, 0.25) is 0 Å². The fourth-order valence-electron chi connectivity index (χ4n) is 2.02. The average Bonchev–Trinajstić information content (AvgIpc) is 2.38. The molecule has 1 aliphatic rings. The van der Waals surface area contributed by atoms with Gasteiger partial charge in [-0.05, 0) is 19.3 Å². The maximum absolute atomic E-state index is 13.6. The number of nitro benzene ring substituents is 1. The van der Waals surface area contributed by atoms with E-state index in [1.54, 1.807) is 0 Å². The number of anilines is 1. The molecule has 0 bridgehead atoms. The van der Waals surface area contributed by atoms with E-state index < -0.39 is 22.2 Å². The monoisotopic (exact) mass is 272 g/mol. The van der Waals surface area contributed by atoms with Crippen LogP contribution in [0.15, 0.2) is 12.1 Å². The number of ether oxygens (including phenoxy) is 1. The minimum Gasteiger partial charge on any atom is -0.378 e. The van der Waals surface area contributed by atoms with Crippen molar-refractivity contribution in [2.75, 3.05) is 18.5 Å². The quantitative estimate of drug-likeness (QED) is 0.676. The summed E-state index contributed by atoms with van der Waals surface area (Å²) < 4.78 is 32.6. The van der Waals surface area contributed by atoms with Gasteiger partial charge in [-0.2, -0.15) is 0 Å². The summed E-state index contributed by atoms with van der Waals surface area (Å²) in [6.45, 7) is 0.934. The predicted octanol–water partition coefficient (Wildman–Crippen LogP) is 2.85. The highest BCUT2D eigenvalue weighted by molar-refractivity contribution is 5.51. The molecule has 0 radical (unpaired) electrons. The van der Waals surface area contributed by atoms with Crippen molar-refractivity contribution in [1.29, 1.82) is 0 Å². The molecule has 19 heavy (non-hydrogen) atoms. The van der Waals surface area contributed by atoms with E-state index in [4.69, 9.17) is 4.74 Å². The van der Waals surface area contributed by atoms with Gasteiger partial charge in [-0.15, -0.1) is 0 Å². The number of nitrogens with zero attached hydrogens (tertiary/aromatic N) is 1. The zero-order chi connectivity index (χ0) is 13.8. The Balaban J connectivity index is 2.05. The molecule has 0 saturated carbocycles. The van der Waals surface area contributed by atoms with Crippen molar-refractivity contribution < 1.29 is 18.4 Å². The van der Waals surface area contributed by atoms with Gasteiger partial charge in [0.1, 0.15) is 5.69 Å². The molecule has 2 rings (SSSR count). The van der Waals surface area contributed by atoms with Crippen LogP contribution in [0.2, 0.25) is 0 Å². The van der Waals surface area contributed by atoms with Gasteiger partial charge < -0.3 is 10.1 Å². The van der Waals surface area contributed by atoms with Crippen molar-refractivity contribution >= 4 is 11.4 Å². The van der Waals surface area contributed by atoms with E-state index in [9.17, 15) is 18.9 Å². The zero-order valence-electron chi connectivity index (χ0n) is 10.2. The van der Waals surface area contributed by atoms with Crippen molar-refractivity contribution in [3.8, 4) is 0 Å². The minimum atomic E-state index is -0.970. The number of nitrogens with one attached hydrogen (secondary N) is 1. The summed E-state index contributed by atoms with van der Waals surface area (Å²) in [6.07, 6.45) is 2.78. The molecule has 1 heterocycles. The van der Waals surface area contributed by atoms with Crippen molar-refractivity contribution in [1.82, 2.24) is 0 Å². The van der Waals surface area contributed by atoms with Gasteiger partial charge in [0, 0.05) is 13.2 Å². The van der Waals surface area contributed by atoms with Gasteiger partial charge in [0.05, 0.1) is 23.2 Å². The molecular weight excluding hydrogens is 258 g/mol. The Hall–Kier alpha value is -1.76. The first-order chi connectivity index (χ1) is 9.08. The van der Waals surface area contributed by atoms with E-state index in [1.165, 1.54) is 0 Å². The predicted molar refractivity (Wildman–Crippen MR) is 65.1 cm³/mol. The number of benzene rings is 1. The van der Waals surface area contributed by atoms with Crippen LogP contribution in [0.1, 0.15) is 19.3 Å². The molecule has 1 aromatic rings. The zero-order valence-corrected chi connectivity index (χ0v) is 10.2. The first kappa shape index (κ1) is 13.7. The summed E-state index contributed by atoms with van der Waals surface area (Å²) in [4.78, 5) is 9.62. The minimum absolute atomic E-state index is 0.0808. The normalized spacial score (nSPS) is 19.2. The lowest BCUT2D eigenvalue weighted by atomic mass is 10.1. The molecule has 1 atom stereocenters. The lowest BCUT2D eigenvalue weighted by Crippen LogP contribution is -2.27. The van der Waals surface area contributed by atoms with Crippen LogP contribution in [0.25, 0.3) is 0 Å². The van der Waals surface area contributed by atoms with E-state index >= 15 is 0 Å². The molecule has 0 spiro atoms. The van der Waals surface area contributed by atoms with E-state index in [0.717, 1.165) is 19.3 Å². The van der Waals surface area contributed by atoms with Crippen LogP contribution in [0, 0.1) is 21.7 Å². The number of nitro groups is 1. The standard InChI is InChI=1S/C12H14F2N2O3/c13-10-5-8(16(17)18)6-11(14)12(10)15-7-9-3-1-2-4-19-9/h5-6,9,15H,1-4,7H2. The van der Waals surface area contributed by atoms with Crippen LogP contribution in [0.3, 0.4) is 0 Å². The fourth-order valence-corrected chi connectivity index (χ4v) is 2.02. The van der Waals surface area contributed by atoms with Gasteiger partial charge >= 0.3 is 0 Å². The number of non-ortho nitro benzene ring substituents is 1. The summed E-state index contributed by atoms with van der Waals surface area (Å²) in [5.74, 6) is -1.94. The Morgan fingerprint density at radius 3 is 2.58 bits per heavy atom. The molecule has 0 amide bonds. The first-order valence-electron chi connectivity index (χ1n) is 6.07. The molecule has 104 valence electrons. The van der Waals surface area contributed by atoms with E-state index in [2.05, 4.69) is 5.32 Å². The molecule has 1 saturated heterocycles. The van der Waals surface area contributed by atoms with Crippen LogP contribution in [-0.2, 0) is 4.74 Å². The Bertz CT molecular complexity index is 453. The van der Waals surface area contributed by atoms with Crippen molar-refractivity contribution in [3.63, 3.8) is 0 Å². The number of hydrogen-bond acceptors (Lipinski definition) is 4. The maximum Gasteiger partial charge on any atom is 0.275 e. The summed E-state index contributed by atoms with van der Waals surface area (Å²) >= 11 is 0. The van der Waals surface area contributed by atoms with Gasteiger partial charge in [-0.3, -0.25) is 10.1 Å². The third-order valence-electron chi connectivity index (χ3n) is 3.02. The number of halogens is 2. The molecule has 0 aromatic heterocycles. The number of rotatable bonds is 4. The molecule has 1 aromatic carbocycles. The largest absolute Gasteiger partial charge is 0.378 e.